The minimum absolute atomic E-state index is 0.145. The van der Waals surface area contributed by atoms with Crippen molar-refractivity contribution in [3.05, 3.63) is 29.6 Å². The largest absolute Gasteiger partial charge is 0.395 e. The van der Waals surface area contributed by atoms with Crippen LogP contribution in [0.4, 0.5) is 0 Å². The maximum atomic E-state index is 9.31. The highest BCUT2D eigenvalue weighted by Gasteiger charge is 2.13. The molecule has 0 atom stereocenters. The van der Waals surface area contributed by atoms with Gasteiger partial charge in [-0.25, -0.2) is 4.98 Å². The van der Waals surface area contributed by atoms with E-state index in [4.69, 9.17) is 4.98 Å². The van der Waals surface area contributed by atoms with Crippen LogP contribution in [0, 0.1) is 0 Å². The molecule has 1 aromatic heterocycles. The number of aliphatic hydroxyl groups is 1. The summed E-state index contributed by atoms with van der Waals surface area (Å²) in [5.74, 6) is 1.05. The van der Waals surface area contributed by atoms with Gasteiger partial charge in [-0.15, -0.1) is 0 Å². The van der Waals surface area contributed by atoms with E-state index in [9.17, 15) is 5.11 Å². The van der Waals surface area contributed by atoms with E-state index in [1.54, 1.807) is 0 Å². The van der Waals surface area contributed by atoms with E-state index in [0.29, 0.717) is 6.54 Å². The van der Waals surface area contributed by atoms with E-state index < -0.39 is 0 Å². The molecule has 110 valence electrons. The molecule has 0 aliphatic rings. The Kier molecular flexibility index (Phi) is 5.15. The molecule has 0 bridgehead atoms. The van der Waals surface area contributed by atoms with Crippen molar-refractivity contribution in [1.82, 2.24) is 14.5 Å². The van der Waals surface area contributed by atoms with Crippen molar-refractivity contribution in [2.75, 3.05) is 19.7 Å². The summed E-state index contributed by atoms with van der Waals surface area (Å²) in [5, 5.41) is 9.31. The van der Waals surface area contributed by atoms with Gasteiger partial charge in [-0.2, -0.15) is 0 Å². The molecule has 4 heteroatoms. The summed E-state index contributed by atoms with van der Waals surface area (Å²) in [7, 11) is 0. The normalized spacial score (nSPS) is 11.7. The molecule has 0 aliphatic heterocycles. The molecular weight excluding hydrogens is 250 g/mol. The molecule has 0 amide bonds. The average molecular weight is 275 g/mol. The third-order valence-electron chi connectivity index (χ3n) is 3.88. The van der Waals surface area contributed by atoms with Gasteiger partial charge in [-0.05, 0) is 37.2 Å². The molecule has 1 aromatic carbocycles. The van der Waals surface area contributed by atoms with Crippen LogP contribution in [0.15, 0.2) is 18.2 Å². The number of hydrogen-bond acceptors (Lipinski definition) is 3. The van der Waals surface area contributed by atoms with Crippen LogP contribution in [0.25, 0.3) is 11.0 Å². The lowest BCUT2D eigenvalue weighted by Gasteiger charge is -2.18. The Morgan fingerprint density at radius 1 is 1.20 bits per heavy atom. The van der Waals surface area contributed by atoms with Crippen LogP contribution in [-0.4, -0.2) is 39.3 Å². The van der Waals surface area contributed by atoms with Gasteiger partial charge in [-0.1, -0.05) is 26.8 Å². The third kappa shape index (κ3) is 3.02. The molecule has 20 heavy (non-hydrogen) atoms. The van der Waals surface area contributed by atoms with Crippen LogP contribution in [0.3, 0.4) is 0 Å². The summed E-state index contributed by atoms with van der Waals surface area (Å²) in [6.07, 6.45) is 1.02. The fourth-order valence-corrected chi connectivity index (χ4v) is 2.56. The van der Waals surface area contributed by atoms with Crippen molar-refractivity contribution < 1.29 is 5.11 Å². The number of fused-ring (bicyclic) bond motifs is 1. The van der Waals surface area contributed by atoms with Gasteiger partial charge in [0.25, 0.3) is 0 Å². The monoisotopic (exact) mass is 275 g/mol. The zero-order valence-electron chi connectivity index (χ0n) is 12.8. The quantitative estimate of drug-likeness (QED) is 0.844. The minimum atomic E-state index is 0.145. The van der Waals surface area contributed by atoms with Crippen molar-refractivity contribution in [2.24, 2.45) is 0 Å². The van der Waals surface area contributed by atoms with Crippen LogP contribution < -0.4 is 0 Å². The van der Waals surface area contributed by atoms with Crippen LogP contribution in [0.1, 0.15) is 32.2 Å². The summed E-state index contributed by atoms with van der Waals surface area (Å²) in [4.78, 5) is 7.13. The molecular formula is C16H25N3O. The highest BCUT2D eigenvalue weighted by Crippen LogP contribution is 2.19. The third-order valence-corrected chi connectivity index (χ3v) is 3.88. The van der Waals surface area contributed by atoms with Crippen molar-refractivity contribution in [1.29, 1.82) is 0 Å². The van der Waals surface area contributed by atoms with Crippen LogP contribution in [0.5, 0.6) is 0 Å². The molecule has 0 spiro atoms. The number of aromatic nitrogens is 2. The molecule has 1 N–H and O–H groups in total. The van der Waals surface area contributed by atoms with Crippen LogP contribution in [0.2, 0.25) is 0 Å². The molecule has 2 aromatic rings. The van der Waals surface area contributed by atoms with Gasteiger partial charge in [0.05, 0.1) is 24.2 Å². The number of aryl methyl sites for hydroxylation is 1. The zero-order chi connectivity index (χ0) is 14.5. The van der Waals surface area contributed by atoms with Gasteiger partial charge in [-0.3, -0.25) is 4.90 Å². The first-order valence-corrected chi connectivity index (χ1v) is 7.54. The van der Waals surface area contributed by atoms with E-state index in [1.165, 1.54) is 5.56 Å². The van der Waals surface area contributed by atoms with Crippen LogP contribution >= 0.6 is 0 Å². The Labute approximate surface area is 121 Å². The van der Waals surface area contributed by atoms with E-state index in [2.05, 4.69) is 48.4 Å². The molecule has 0 aliphatic carbocycles. The molecule has 0 fully saturated rings. The minimum Gasteiger partial charge on any atom is -0.395 e. The number of hydrogen-bond donors (Lipinski definition) is 1. The topological polar surface area (TPSA) is 41.3 Å². The maximum Gasteiger partial charge on any atom is 0.124 e. The van der Waals surface area contributed by atoms with E-state index >= 15 is 0 Å². The van der Waals surface area contributed by atoms with Crippen molar-refractivity contribution in [3.8, 4) is 0 Å². The Morgan fingerprint density at radius 2 is 1.95 bits per heavy atom. The van der Waals surface area contributed by atoms with Crippen molar-refractivity contribution in [2.45, 2.75) is 40.3 Å². The smallest absolute Gasteiger partial charge is 0.124 e. The number of aliphatic hydroxyl groups excluding tert-OH is 1. The number of nitrogens with zero attached hydrogens (tertiary/aromatic N) is 3. The summed E-state index contributed by atoms with van der Waals surface area (Å²) in [6.45, 7) is 10.1. The van der Waals surface area contributed by atoms with E-state index in [1.807, 2.05) is 0 Å². The fraction of sp³-hybridized carbons (Fsp3) is 0.562. The van der Waals surface area contributed by atoms with Gasteiger partial charge < -0.3 is 9.67 Å². The van der Waals surface area contributed by atoms with Gasteiger partial charge in [0, 0.05) is 6.54 Å². The van der Waals surface area contributed by atoms with Crippen LogP contribution in [-0.2, 0) is 19.5 Å². The second-order valence-corrected chi connectivity index (χ2v) is 5.04. The van der Waals surface area contributed by atoms with E-state index in [-0.39, 0.29) is 6.61 Å². The first-order valence-electron chi connectivity index (χ1n) is 7.54. The summed E-state index contributed by atoms with van der Waals surface area (Å²) >= 11 is 0. The van der Waals surface area contributed by atoms with Gasteiger partial charge in [0.2, 0.25) is 0 Å². The maximum absolute atomic E-state index is 9.31. The molecule has 0 unspecified atom stereocenters. The standard InChI is InChI=1S/C16H25N3O/c1-4-13-7-8-15-14(11-13)17-16(19(15)9-10-20)12-18(5-2)6-3/h7-8,11,20H,4-6,9-10,12H2,1-3H3. The summed E-state index contributed by atoms with van der Waals surface area (Å²) < 4.78 is 2.15. The SMILES string of the molecule is CCc1ccc2c(c1)nc(CN(CC)CC)n2CCO. The number of rotatable bonds is 7. The van der Waals surface area contributed by atoms with Gasteiger partial charge >= 0.3 is 0 Å². The van der Waals surface area contributed by atoms with Crippen molar-refractivity contribution in [3.63, 3.8) is 0 Å². The highest BCUT2D eigenvalue weighted by molar-refractivity contribution is 5.77. The predicted molar refractivity (Wildman–Crippen MR) is 82.8 cm³/mol. The lowest BCUT2D eigenvalue weighted by molar-refractivity contribution is 0.260. The lowest BCUT2D eigenvalue weighted by Crippen LogP contribution is -2.24. The Bertz CT molecular complexity index is 558. The second kappa shape index (κ2) is 6.86. The van der Waals surface area contributed by atoms with Gasteiger partial charge in [0.1, 0.15) is 5.82 Å². The summed E-state index contributed by atoms with van der Waals surface area (Å²) in [6, 6.07) is 6.44. The molecule has 0 saturated carbocycles. The molecule has 2 rings (SSSR count). The number of benzene rings is 1. The molecule has 1 heterocycles. The summed E-state index contributed by atoms with van der Waals surface area (Å²) in [5.41, 5.74) is 3.47. The molecule has 4 nitrogen and oxygen atoms in total. The number of imidazole rings is 1. The average Bonchev–Trinajstić information content (AvgIpc) is 2.82. The lowest BCUT2D eigenvalue weighted by atomic mass is 10.1. The Hall–Kier alpha value is -1.39. The molecule has 0 saturated heterocycles. The van der Waals surface area contributed by atoms with Gasteiger partial charge in [0.15, 0.2) is 0 Å². The zero-order valence-corrected chi connectivity index (χ0v) is 12.8. The first-order chi connectivity index (χ1) is 9.73. The predicted octanol–water partition coefficient (Wildman–Crippen LogP) is 2.43. The second-order valence-electron chi connectivity index (χ2n) is 5.04. The Balaban J connectivity index is 2.43. The Morgan fingerprint density at radius 3 is 2.55 bits per heavy atom. The van der Waals surface area contributed by atoms with Crippen molar-refractivity contribution >= 4 is 11.0 Å². The fourth-order valence-electron chi connectivity index (χ4n) is 2.56. The van der Waals surface area contributed by atoms with E-state index in [0.717, 1.165) is 42.9 Å². The molecule has 0 radical (unpaired) electrons. The highest BCUT2D eigenvalue weighted by atomic mass is 16.3. The first kappa shape index (κ1) is 15.0.